The molecule has 1 heteroatoms. The fourth-order valence-electron chi connectivity index (χ4n) is 1.68. The summed E-state index contributed by atoms with van der Waals surface area (Å²) in [5.41, 5.74) is 3.50. The molecule has 0 aliphatic rings. The third kappa shape index (κ3) is 2.53. The average Bonchev–Trinajstić information content (AvgIpc) is 2.31. The van der Waals surface area contributed by atoms with Crippen molar-refractivity contribution in [1.29, 1.82) is 0 Å². The van der Waals surface area contributed by atoms with E-state index in [0.29, 0.717) is 0 Å². The fraction of sp³-hybridized carbons (Fsp3) is 0.0667. The van der Waals surface area contributed by atoms with Gasteiger partial charge in [0.25, 0.3) is 0 Å². The van der Waals surface area contributed by atoms with Crippen molar-refractivity contribution in [3.63, 3.8) is 0 Å². The first-order chi connectivity index (χ1) is 7.79. The minimum atomic E-state index is 0.767. The number of benzene rings is 2. The smallest absolute Gasteiger partial charge is 0.0481 e. The molecule has 16 heavy (non-hydrogen) atoms. The zero-order valence-electron chi connectivity index (χ0n) is 8.99. The van der Waals surface area contributed by atoms with Gasteiger partial charge in [-0.1, -0.05) is 66.7 Å². The van der Waals surface area contributed by atoms with E-state index in [1.54, 1.807) is 6.08 Å². The lowest BCUT2D eigenvalue weighted by Gasteiger charge is -2.04. The lowest BCUT2D eigenvalue weighted by atomic mass is 10.0. The second-order valence-corrected chi connectivity index (χ2v) is 4.13. The molecule has 80 valence electrons. The predicted molar refractivity (Wildman–Crippen MR) is 70.8 cm³/mol. The van der Waals surface area contributed by atoms with Crippen LogP contribution in [-0.4, -0.2) is 0 Å². The molecule has 0 aromatic heterocycles. The second-order valence-electron chi connectivity index (χ2n) is 3.72. The predicted octanol–water partition coefficient (Wildman–Crippen LogP) is 4.57. The molecule has 0 radical (unpaired) electrons. The van der Waals surface area contributed by atoms with Crippen molar-refractivity contribution >= 4 is 17.7 Å². The minimum Gasteiger partial charge on any atom is -0.0984 e. The zero-order valence-corrected chi connectivity index (χ0v) is 9.74. The molecule has 0 aliphatic carbocycles. The zero-order chi connectivity index (χ0) is 11.4. The summed E-state index contributed by atoms with van der Waals surface area (Å²) in [6, 6.07) is 16.5. The summed E-state index contributed by atoms with van der Waals surface area (Å²) < 4.78 is 0. The molecule has 0 saturated heterocycles. The van der Waals surface area contributed by atoms with Gasteiger partial charge >= 0.3 is 0 Å². The molecule has 2 rings (SSSR count). The summed E-state index contributed by atoms with van der Waals surface area (Å²) >= 11 is 6.12. The van der Waals surface area contributed by atoms with Crippen molar-refractivity contribution in [3.05, 3.63) is 76.8 Å². The number of halogens is 1. The summed E-state index contributed by atoms with van der Waals surface area (Å²) in [4.78, 5) is 0. The standard InChI is InChI=1S/C15H13Cl/c1-2-14-9-8-13(11-15(14)16)10-12-6-4-3-5-7-12/h2-9,11H,1,10H2. The van der Waals surface area contributed by atoms with Crippen molar-refractivity contribution < 1.29 is 0 Å². The highest BCUT2D eigenvalue weighted by Crippen LogP contribution is 2.20. The van der Waals surface area contributed by atoms with Crippen LogP contribution in [-0.2, 0) is 6.42 Å². The lowest BCUT2D eigenvalue weighted by Crippen LogP contribution is -1.88. The van der Waals surface area contributed by atoms with Gasteiger partial charge < -0.3 is 0 Å². The van der Waals surface area contributed by atoms with Crippen LogP contribution in [0, 0.1) is 0 Å². The summed E-state index contributed by atoms with van der Waals surface area (Å²) in [7, 11) is 0. The lowest BCUT2D eigenvalue weighted by molar-refractivity contribution is 1.19. The van der Waals surface area contributed by atoms with Gasteiger partial charge in [0.1, 0.15) is 0 Å². The third-order valence-electron chi connectivity index (χ3n) is 2.54. The van der Waals surface area contributed by atoms with Crippen LogP contribution in [0.5, 0.6) is 0 Å². The highest BCUT2D eigenvalue weighted by Gasteiger charge is 2.00. The largest absolute Gasteiger partial charge is 0.0984 e. The van der Waals surface area contributed by atoms with Crippen LogP contribution in [0.15, 0.2) is 55.1 Å². The average molecular weight is 229 g/mol. The Morgan fingerprint density at radius 2 is 1.75 bits per heavy atom. The number of rotatable bonds is 3. The van der Waals surface area contributed by atoms with Crippen LogP contribution in [0.4, 0.5) is 0 Å². The van der Waals surface area contributed by atoms with E-state index in [0.717, 1.165) is 17.0 Å². The van der Waals surface area contributed by atoms with Gasteiger partial charge in [-0.2, -0.15) is 0 Å². The molecule has 0 atom stereocenters. The monoisotopic (exact) mass is 228 g/mol. The van der Waals surface area contributed by atoms with E-state index in [1.165, 1.54) is 11.1 Å². The Morgan fingerprint density at radius 1 is 1.00 bits per heavy atom. The van der Waals surface area contributed by atoms with Crippen molar-refractivity contribution in [2.75, 3.05) is 0 Å². The van der Waals surface area contributed by atoms with E-state index in [9.17, 15) is 0 Å². The van der Waals surface area contributed by atoms with Crippen LogP contribution in [0.2, 0.25) is 5.02 Å². The Morgan fingerprint density at radius 3 is 2.38 bits per heavy atom. The maximum Gasteiger partial charge on any atom is 0.0481 e. The van der Waals surface area contributed by atoms with Crippen molar-refractivity contribution in [2.24, 2.45) is 0 Å². The molecule has 2 aromatic rings. The molecule has 0 amide bonds. The fourth-order valence-corrected chi connectivity index (χ4v) is 1.96. The quantitative estimate of drug-likeness (QED) is 0.722. The maximum atomic E-state index is 6.12. The van der Waals surface area contributed by atoms with Gasteiger partial charge in [-0.25, -0.2) is 0 Å². The molecule has 0 N–H and O–H groups in total. The van der Waals surface area contributed by atoms with Crippen LogP contribution in [0.1, 0.15) is 16.7 Å². The molecule has 0 heterocycles. The molecule has 0 spiro atoms. The van der Waals surface area contributed by atoms with Crippen LogP contribution < -0.4 is 0 Å². The van der Waals surface area contributed by atoms with E-state index in [4.69, 9.17) is 11.6 Å². The second kappa shape index (κ2) is 5.00. The molecule has 0 saturated carbocycles. The Balaban J connectivity index is 2.23. The van der Waals surface area contributed by atoms with Gasteiger partial charge in [-0.15, -0.1) is 0 Å². The molecule has 0 nitrogen and oxygen atoms in total. The van der Waals surface area contributed by atoms with E-state index < -0.39 is 0 Å². The van der Waals surface area contributed by atoms with Crippen molar-refractivity contribution in [1.82, 2.24) is 0 Å². The van der Waals surface area contributed by atoms with E-state index in [-0.39, 0.29) is 0 Å². The van der Waals surface area contributed by atoms with Crippen molar-refractivity contribution in [2.45, 2.75) is 6.42 Å². The van der Waals surface area contributed by atoms with Crippen LogP contribution in [0.3, 0.4) is 0 Å². The summed E-state index contributed by atoms with van der Waals surface area (Å²) in [6.45, 7) is 3.72. The van der Waals surface area contributed by atoms with Crippen LogP contribution >= 0.6 is 11.6 Å². The first-order valence-electron chi connectivity index (χ1n) is 5.24. The summed E-state index contributed by atoms with van der Waals surface area (Å²) in [6.07, 6.45) is 2.69. The molecular formula is C15H13Cl. The summed E-state index contributed by atoms with van der Waals surface area (Å²) in [5.74, 6) is 0. The Hall–Kier alpha value is -1.53. The van der Waals surface area contributed by atoms with Gasteiger partial charge in [-0.3, -0.25) is 0 Å². The first-order valence-corrected chi connectivity index (χ1v) is 5.62. The molecule has 0 bridgehead atoms. The molecule has 2 aromatic carbocycles. The Bertz CT molecular complexity index is 486. The van der Waals surface area contributed by atoms with Gasteiger partial charge in [-0.05, 0) is 29.2 Å². The maximum absolute atomic E-state index is 6.12. The van der Waals surface area contributed by atoms with Crippen molar-refractivity contribution in [3.8, 4) is 0 Å². The minimum absolute atomic E-state index is 0.767. The van der Waals surface area contributed by atoms with E-state index in [2.05, 4.69) is 36.9 Å². The molecular weight excluding hydrogens is 216 g/mol. The van der Waals surface area contributed by atoms with Gasteiger partial charge in [0.15, 0.2) is 0 Å². The summed E-state index contributed by atoms with van der Waals surface area (Å²) in [5, 5.41) is 0.767. The highest BCUT2D eigenvalue weighted by atomic mass is 35.5. The Labute approximate surface area is 101 Å². The number of hydrogen-bond donors (Lipinski definition) is 0. The van der Waals surface area contributed by atoms with Crippen LogP contribution in [0.25, 0.3) is 6.08 Å². The SMILES string of the molecule is C=Cc1ccc(Cc2ccccc2)cc1Cl. The van der Waals surface area contributed by atoms with Gasteiger partial charge in [0, 0.05) is 5.02 Å². The van der Waals surface area contributed by atoms with Gasteiger partial charge in [0.2, 0.25) is 0 Å². The molecule has 0 unspecified atom stereocenters. The highest BCUT2D eigenvalue weighted by molar-refractivity contribution is 6.32. The topological polar surface area (TPSA) is 0 Å². The normalized spacial score (nSPS) is 10.1. The Kier molecular flexibility index (Phi) is 3.43. The first kappa shape index (κ1) is 11.0. The van der Waals surface area contributed by atoms with Gasteiger partial charge in [0.05, 0.1) is 0 Å². The number of hydrogen-bond acceptors (Lipinski definition) is 0. The van der Waals surface area contributed by atoms with E-state index >= 15 is 0 Å². The molecule has 0 fully saturated rings. The molecule has 0 aliphatic heterocycles. The van der Waals surface area contributed by atoms with E-state index in [1.807, 2.05) is 18.2 Å². The third-order valence-corrected chi connectivity index (χ3v) is 2.86.